The lowest BCUT2D eigenvalue weighted by Crippen LogP contribution is -2.29. The highest BCUT2D eigenvalue weighted by molar-refractivity contribution is 7.92. The summed E-state index contributed by atoms with van der Waals surface area (Å²) in [6.07, 6.45) is 0. The van der Waals surface area contributed by atoms with Crippen molar-refractivity contribution in [3.63, 3.8) is 0 Å². The molecule has 0 atom stereocenters. The summed E-state index contributed by atoms with van der Waals surface area (Å²) in [7, 11) is -3.41. The summed E-state index contributed by atoms with van der Waals surface area (Å²) in [5.74, 6) is 0.309. The Morgan fingerprint density at radius 1 is 1.28 bits per heavy atom. The van der Waals surface area contributed by atoms with Crippen molar-refractivity contribution < 1.29 is 17.9 Å². The van der Waals surface area contributed by atoms with Gasteiger partial charge in [-0.2, -0.15) is 0 Å². The van der Waals surface area contributed by atoms with Gasteiger partial charge in [0.15, 0.2) is 11.5 Å². The summed E-state index contributed by atoms with van der Waals surface area (Å²) in [6, 6.07) is 4.88. The number of halogens is 1. The van der Waals surface area contributed by atoms with Gasteiger partial charge in [-0.3, -0.25) is 4.72 Å². The Balaban J connectivity index is 2.19. The quantitative estimate of drug-likeness (QED) is 0.864. The molecule has 18 heavy (non-hydrogen) atoms. The number of ether oxygens (including phenoxy) is 2. The zero-order valence-corrected chi connectivity index (χ0v) is 11.6. The number of fused-ring (bicyclic) bond motifs is 1. The third kappa shape index (κ3) is 3.00. The van der Waals surface area contributed by atoms with E-state index in [-0.39, 0.29) is 11.6 Å². The van der Waals surface area contributed by atoms with Crippen molar-refractivity contribution in [1.29, 1.82) is 0 Å². The zero-order valence-electron chi connectivity index (χ0n) is 10.1. The zero-order chi connectivity index (χ0) is 13.4. The summed E-state index contributed by atoms with van der Waals surface area (Å²) in [5.41, 5.74) is 0.431. The predicted octanol–water partition coefficient (Wildman–Crippen LogP) is 2.17. The van der Waals surface area contributed by atoms with E-state index < -0.39 is 15.8 Å². The summed E-state index contributed by atoms with van der Waals surface area (Å²) >= 11 is 5.42. The van der Waals surface area contributed by atoms with Gasteiger partial charge in [0.2, 0.25) is 15.8 Å². The van der Waals surface area contributed by atoms with E-state index in [9.17, 15) is 8.42 Å². The maximum absolute atomic E-state index is 11.6. The molecule has 1 heterocycles. The average Bonchev–Trinajstić information content (AvgIpc) is 2.50. The van der Waals surface area contributed by atoms with Crippen LogP contribution in [0.15, 0.2) is 18.2 Å². The molecule has 0 saturated heterocycles. The maximum atomic E-state index is 11.6. The predicted molar refractivity (Wildman–Crippen MR) is 69.9 cm³/mol. The third-order valence-electron chi connectivity index (χ3n) is 2.27. The van der Waals surface area contributed by atoms with E-state index in [1.165, 1.54) is 0 Å². The number of sulfonamides is 1. The molecule has 100 valence electrons. The normalized spacial score (nSPS) is 16.6. The lowest BCUT2D eigenvalue weighted by molar-refractivity contribution is -0.0431. The fraction of sp³-hybridized carbons (Fsp3) is 0.455. The van der Waals surface area contributed by atoms with E-state index in [0.717, 1.165) is 0 Å². The largest absolute Gasteiger partial charge is 0.449 e. The van der Waals surface area contributed by atoms with Crippen LogP contribution in [0, 0.1) is 0 Å². The highest BCUT2D eigenvalue weighted by Gasteiger charge is 2.31. The number of anilines is 1. The molecule has 7 heteroatoms. The first-order valence-corrected chi connectivity index (χ1v) is 7.58. The Labute approximate surface area is 111 Å². The van der Waals surface area contributed by atoms with Crippen molar-refractivity contribution in [2.75, 3.05) is 16.4 Å². The van der Waals surface area contributed by atoms with Gasteiger partial charge >= 0.3 is 0 Å². The topological polar surface area (TPSA) is 64.6 Å². The molecule has 0 bridgehead atoms. The van der Waals surface area contributed by atoms with E-state index in [4.69, 9.17) is 21.1 Å². The van der Waals surface area contributed by atoms with Crippen LogP contribution in [0.2, 0.25) is 0 Å². The molecule has 1 aromatic carbocycles. The van der Waals surface area contributed by atoms with Gasteiger partial charge in [0, 0.05) is 25.8 Å². The van der Waals surface area contributed by atoms with E-state index in [2.05, 4.69) is 4.72 Å². The Morgan fingerprint density at radius 2 is 1.94 bits per heavy atom. The van der Waals surface area contributed by atoms with E-state index in [1.807, 2.05) is 0 Å². The first-order valence-electron chi connectivity index (χ1n) is 5.40. The number of hydrogen-bond donors (Lipinski definition) is 1. The molecule has 5 nitrogen and oxygen atoms in total. The Kier molecular flexibility index (Phi) is 3.33. The summed E-state index contributed by atoms with van der Waals surface area (Å²) in [4.78, 5) is 0. The van der Waals surface area contributed by atoms with Crippen LogP contribution in [-0.4, -0.2) is 25.8 Å². The van der Waals surface area contributed by atoms with Crippen LogP contribution in [0.4, 0.5) is 5.69 Å². The lowest BCUT2D eigenvalue weighted by atomic mass is 10.3. The standard InChI is InChI=1S/C11H14ClNO4S/c1-11(2)16-9-4-3-8(7-10(9)17-11)13-18(14,15)6-5-12/h3-4,7,13H,5-6H2,1-2H3. The van der Waals surface area contributed by atoms with Gasteiger partial charge in [0.05, 0.1) is 11.4 Å². The van der Waals surface area contributed by atoms with E-state index in [0.29, 0.717) is 17.2 Å². The van der Waals surface area contributed by atoms with Gasteiger partial charge < -0.3 is 9.47 Å². The molecule has 0 amide bonds. The van der Waals surface area contributed by atoms with Crippen LogP contribution >= 0.6 is 11.6 Å². The van der Waals surface area contributed by atoms with Crippen LogP contribution in [0.3, 0.4) is 0 Å². The maximum Gasteiger partial charge on any atom is 0.246 e. The van der Waals surface area contributed by atoms with E-state index >= 15 is 0 Å². The number of hydrogen-bond acceptors (Lipinski definition) is 4. The monoisotopic (exact) mass is 291 g/mol. The lowest BCUT2D eigenvalue weighted by Gasteiger charge is -2.16. The molecule has 1 aliphatic heterocycles. The SMILES string of the molecule is CC1(C)Oc2ccc(NS(=O)(=O)CCCl)cc2O1. The number of rotatable bonds is 4. The first-order chi connectivity index (χ1) is 8.31. The second-order valence-corrected chi connectivity index (χ2v) is 6.60. The molecule has 0 spiro atoms. The van der Waals surface area contributed by atoms with Gasteiger partial charge in [0.1, 0.15) is 0 Å². The molecule has 0 unspecified atom stereocenters. The van der Waals surface area contributed by atoms with Gasteiger partial charge in [-0.1, -0.05) is 0 Å². The minimum Gasteiger partial charge on any atom is -0.449 e. The average molecular weight is 292 g/mol. The smallest absolute Gasteiger partial charge is 0.246 e. The summed E-state index contributed by atoms with van der Waals surface area (Å²) in [5, 5.41) is 0. The van der Waals surface area contributed by atoms with Crippen molar-refractivity contribution in [3.8, 4) is 11.5 Å². The summed E-state index contributed by atoms with van der Waals surface area (Å²) < 4.78 is 36.6. The fourth-order valence-corrected chi connectivity index (χ4v) is 3.02. The number of benzene rings is 1. The molecule has 0 aromatic heterocycles. The molecule has 1 N–H and O–H groups in total. The van der Waals surface area contributed by atoms with Crippen molar-refractivity contribution in [1.82, 2.24) is 0 Å². The van der Waals surface area contributed by atoms with Gasteiger partial charge in [-0.15, -0.1) is 11.6 Å². The molecule has 0 saturated carbocycles. The van der Waals surface area contributed by atoms with Crippen LogP contribution in [-0.2, 0) is 10.0 Å². The van der Waals surface area contributed by atoms with Crippen LogP contribution in [0.1, 0.15) is 13.8 Å². The molecule has 1 aliphatic rings. The van der Waals surface area contributed by atoms with Gasteiger partial charge in [-0.05, 0) is 12.1 Å². The minimum atomic E-state index is -3.41. The molecule has 0 aliphatic carbocycles. The third-order valence-corrected chi connectivity index (χ3v) is 3.98. The molecule has 0 radical (unpaired) electrons. The van der Waals surface area contributed by atoms with E-state index in [1.54, 1.807) is 32.0 Å². The van der Waals surface area contributed by atoms with Gasteiger partial charge in [0.25, 0.3) is 0 Å². The van der Waals surface area contributed by atoms with Crippen molar-refractivity contribution in [3.05, 3.63) is 18.2 Å². The van der Waals surface area contributed by atoms with Crippen LogP contribution in [0.5, 0.6) is 11.5 Å². The minimum absolute atomic E-state index is 0.0485. The Bertz CT molecular complexity index is 556. The number of alkyl halides is 1. The molecule has 1 aromatic rings. The molecule has 2 rings (SSSR count). The molecular formula is C11H14ClNO4S. The highest BCUT2D eigenvalue weighted by atomic mass is 35.5. The highest BCUT2D eigenvalue weighted by Crippen LogP contribution is 2.40. The second kappa shape index (κ2) is 4.51. The summed E-state index contributed by atoms with van der Waals surface area (Å²) in [6.45, 7) is 3.56. The molecular weight excluding hydrogens is 278 g/mol. The van der Waals surface area contributed by atoms with Crippen LogP contribution in [0.25, 0.3) is 0 Å². The Hall–Kier alpha value is -1.14. The Morgan fingerprint density at radius 3 is 2.61 bits per heavy atom. The second-order valence-electron chi connectivity index (χ2n) is 4.38. The number of nitrogens with one attached hydrogen (secondary N) is 1. The van der Waals surface area contributed by atoms with Crippen molar-refractivity contribution >= 4 is 27.3 Å². The van der Waals surface area contributed by atoms with Crippen molar-refractivity contribution in [2.45, 2.75) is 19.6 Å². The van der Waals surface area contributed by atoms with Crippen LogP contribution < -0.4 is 14.2 Å². The van der Waals surface area contributed by atoms with Crippen molar-refractivity contribution in [2.24, 2.45) is 0 Å². The first kappa shape index (κ1) is 13.3. The van der Waals surface area contributed by atoms with Gasteiger partial charge in [-0.25, -0.2) is 8.42 Å². The molecule has 0 fully saturated rings. The fourth-order valence-electron chi connectivity index (χ4n) is 1.62.